The van der Waals surface area contributed by atoms with E-state index in [1.807, 2.05) is 6.92 Å². The lowest BCUT2D eigenvalue weighted by Crippen LogP contribution is -2.28. The van der Waals surface area contributed by atoms with Gasteiger partial charge in [0.2, 0.25) is 0 Å². The van der Waals surface area contributed by atoms with Crippen LogP contribution in [0.25, 0.3) is 0 Å². The summed E-state index contributed by atoms with van der Waals surface area (Å²) in [6.45, 7) is 15.9. The van der Waals surface area contributed by atoms with Crippen molar-refractivity contribution in [2.24, 2.45) is 0 Å². The molecule has 0 radical (unpaired) electrons. The predicted molar refractivity (Wildman–Crippen MR) is 146 cm³/mol. The molecule has 1 amide bonds. The molecule has 0 aliphatic heterocycles. The average Bonchev–Trinajstić information content (AvgIpc) is 2.73. The van der Waals surface area contributed by atoms with Crippen LogP contribution in [0.5, 0.6) is 0 Å². The van der Waals surface area contributed by atoms with Crippen LogP contribution < -0.4 is 5.32 Å². The third-order valence-electron chi connectivity index (χ3n) is 5.83. The normalized spacial score (nSPS) is 13.6. The van der Waals surface area contributed by atoms with Gasteiger partial charge in [0.1, 0.15) is 6.10 Å². The molecular formula is C30H53NO2. The number of allylic oxidation sites excluding steroid dienone is 8. The molecule has 33 heavy (non-hydrogen) atoms. The van der Waals surface area contributed by atoms with Gasteiger partial charge in [-0.1, -0.05) is 72.8 Å². The smallest absolute Gasteiger partial charge is 0.407 e. The Hall–Kier alpha value is -1.77. The van der Waals surface area contributed by atoms with Gasteiger partial charge in [-0.2, -0.15) is 0 Å². The van der Waals surface area contributed by atoms with Crippen molar-refractivity contribution >= 4 is 6.09 Å². The molecule has 0 aromatic heterocycles. The highest BCUT2D eigenvalue weighted by molar-refractivity contribution is 5.67. The van der Waals surface area contributed by atoms with E-state index in [9.17, 15) is 4.79 Å². The van der Waals surface area contributed by atoms with Gasteiger partial charge in [0.25, 0.3) is 0 Å². The number of rotatable bonds is 18. The Morgan fingerprint density at radius 3 is 1.79 bits per heavy atom. The van der Waals surface area contributed by atoms with E-state index in [0.29, 0.717) is 6.54 Å². The molecule has 3 nitrogen and oxygen atoms in total. The fourth-order valence-corrected chi connectivity index (χ4v) is 3.58. The number of carbonyl (C=O) groups excluding carboxylic acids is 1. The van der Waals surface area contributed by atoms with Gasteiger partial charge in [-0.05, 0) is 99.3 Å². The Balaban J connectivity index is 3.98. The fraction of sp³-hybridized carbons (Fsp3) is 0.700. The van der Waals surface area contributed by atoms with Crippen LogP contribution in [-0.4, -0.2) is 18.7 Å². The van der Waals surface area contributed by atoms with E-state index in [1.54, 1.807) is 0 Å². The lowest BCUT2D eigenvalue weighted by molar-refractivity contribution is 0.103. The maximum Gasteiger partial charge on any atom is 0.407 e. The van der Waals surface area contributed by atoms with Crippen molar-refractivity contribution in [1.82, 2.24) is 5.32 Å². The lowest BCUT2D eigenvalue weighted by atomic mass is 10.0. The minimum Gasteiger partial charge on any atom is -0.447 e. The van der Waals surface area contributed by atoms with Crippen molar-refractivity contribution in [3.05, 3.63) is 46.6 Å². The Morgan fingerprint density at radius 2 is 1.27 bits per heavy atom. The van der Waals surface area contributed by atoms with Gasteiger partial charge in [-0.15, -0.1) is 0 Å². The fourth-order valence-electron chi connectivity index (χ4n) is 3.58. The zero-order chi connectivity index (χ0) is 24.9. The summed E-state index contributed by atoms with van der Waals surface area (Å²) in [4.78, 5) is 11.8. The van der Waals surface area contributed by atoms with E-state index in [0.717, 1.165) is 51.4 Å². The summed E-state index contributed by atoms with van der Waals surface area (Å²) in [6, 6.07) is 0. The standard InChI is InChI=1S/C30H53NO2/c1-8-9-10-11-24-31-30(32)33-29(7)23-15-22-28(6)21-14-20-27(5)19-13-18-26(4)17-12-16-25(2)3/h16,18,20,22,29H,8-15,17,19,21,23-24H2,1-7H3,(H,31,32)/b26-18+,27-20+,28-22+. The Bertz CT molecular complexity index is 636. The Morgan fingerprint density at radius 1 is 0.758 bits per heavy atom. The zero-order valence-corrected chi connectivity index (χ0v) is 22.9. The monoisotopic (exact) mass is 459 g/mol. The molecule has 0 aliphatic carbocycles. The van der Waals surface area contributed by atoms with Gasteiger partial charge in [0.05, 0.1) is 0 Å². The van der Waals surface area contributed by atoms with Crippen LogP contribution in [-0.2, 0) is 4.74 Å². The quantitative estimate of drug-likeness (QED) is 0.164. The van der Waals surface area contributed by atoms with Crippen LogP contribution in [0.2, 0.25) is 0 Å². The number of hydrogen-bond donors (Lipinski definition) is 1. The number of unbranched alkanes of at least 4 members (excludes halogenated alkanes) is 3. The number of carbonyl (C=O) groups is 1. The van der Waals surface area contributed by atoms with Crippen molar-refractivity contribution in [2.75, 3.05) is 6.54 Å². The SMILES string of the molecule is CCCCCCNC(=O)OC(C)CC/C=C(\C)CC/C=C(\C)CC/C=C(\C)CCC=C(C)C. The summed E-state index contributed by atoms with van der Waals surface area (Å²) >= 11 is 0. The molecule has 0 heterocycles. The second kappa shape index (κ2) is 20.8. The van der Waals surface area contributed by atoms with Crippen molar-refractivity contribution in [3.8, 4) is 0 Å². The van der Waals surface area contributed by atoms with E-state index >= 15 is 0 Å². The minimum absolute atomic E-state index is 0.0506. The van der Waals surface area contributed by atoms with E-state index in [4.69, 9.17) is 4.74 Å². The van der Waals surface area contributed by atoms with E-state index in [1.165, 1.54) is 48.0 Å². The highest BCUT2D eigenvalue weighted by Gasteiger charge is 2.07. The summed E-state index contributed by atoms with van der Waals surface area (Å²) < 4.78 is 5.44. The Kier molecular flexibility index (Phi) is 19.7. The molecule has 1 unspecified atom stereocenters. The van der Waals surface area contributed by atoms with Crippen LogP contribution in [0.4, 0.5) is 4.79 Å². The van der Waals surface area contributed by atoms with Gasteiger partial charge in [0, 0.05) is 6.54 Å². The van der Waals surface area contributed by atoms with Crippen LogP contribution in [0.15, 0.2) is 46.6 Å². The molecule has 0 fully saturated rings. The zero-order valence-electron chi connectivity index (χ0n) is 22.9. The molecule has 1 N–H and O–H groups in total. The first-order valence-corrected chi connectivity index (χ1v) is 13.3. The summed E-state index contributed by atoms with van der Waals surface area (Å²) in [5, 5.41) is 2.85. The number of alkyl carbamates (subject to hydrolysis) is 1. The Labute approximate surface area is 205 Å². The predicted octanol–water partition coefficient (Wildman–Crippen LogP) is 9.61. The van der Waals surface area contributed by atoms with E-state index < -0.39 is 0 Å². The van der Waals surface area contributed by atoms with Gasteiger partial charge in [-0.3, -0.25) is 0 Å². The summed E-state index contributed by atoms with van der Waals surface area (Å²) in [5.41, 5.74) is 5.81. The van der Waals surface area contributed by atoms with Crippen LogP contribution in [0.3, 0.4) is 0 Å². The van der Waals surface area contributed by atoms with Crippen LogP contribution in [0.1, 0.15) is 126 Å². The molecule has 0 bridgehead atoms. The molecule has 0 saturated carbocycles. The van der Waals surface area contributed by atoms with Gasteiger partial charge >= 0.3 is 6.09 Å². The number of hydrogen-bond acceptors (Lipinski definition) is 2. The topological polar surface area (TPSA) is 38.3 Å². The second-order valence-corrected chi connectivity index (χ2v) is 9.83. The molecule has 190 valence electrons. The minimum atomic E-state index is -0.279. The van der Waals surface area contributed by atoms with Gasteiger partial charge in [0.15, 0.2) is 0 Å². The molecule has 1 atom stereocenters. The largest absolute Gasteiger partial charge is 0.447 e. The molecule has 0 aliphatic rings. The van der Waals surface area contributed by atoms with E-state index in [2.05, 4.69) is 71.2 Å². The van der Waals surface area contributed by atoms with Crippen LogP contribution in [0, 0.1) is 0 Å². The highest BCUT2D eigenvalue weighted by atomic mass is 16.6. The summed E-state index contributed by atoms with van der Waals surface area (Å²) in [5.74, 6) is 0. The maximum atomic E-state index is 11.8. The van der Waals surface area contributed by atoms with Crippen molar-refractivity contribution in [2.45, 2.75) is 132 Å². The third-order valence-corrected chi connectivity index (χ3v) is 5.83. The van der Waals surface area contributed by atoms with E-state index in [-0.39, 0.29) is 12.2 Å². The van der Waals surface area contributed by atoms with Crippen molar-refractivity contribution in [1.29, 1.82) is 0 Å². The number of ether oxygens (including phenoxy) is 1. The van der Waals surface area contributed by atoms with Crippen molar-refractivity contribution in [3.63, 3.8) is 0 Å². The molecule has 0 rings (SSSR count). The highest BCUT2D eigenvalue weighted by Crippen LogP contribution is 2.14. The van der Waals surface area contributed by atoms with Gasteiger partial charge in [-0.25, -0.2) is 4.79 Å². The van der Waals surface area contributed by atoms with Gasteiger partial charge < -0.3 is 10.1 Å². The molecule has 0 aromatic carbocycles. The first-order chi connectivity index (χ1) is 15.7. The lowest BCUT2D eigenvalue weighted by Gasteiger charge is -2.13. The second-order valence-electron chi connectivity index (χ2n) is 9.83. The molecule has 0 spiro atoms. The summed E-state index contributed by atoms with van der Waals surface area (Å²) in [6.07, 6.45) is 22.3. The first-order valence-electron chi connectivity index (χ1n) is 13.3. The molecule has 0 aromatic rings. The molecule has 3 heteroatoms. The summed E-state index contributed by atoms with van der Waals surface area (Å²) in [7, 11) is 0. The molecular weight excluding hydrogens is 406 g/mol. The third kappa shape index (κ3) is 21.8. The average molecular weight is 460 g/mol. The first kappa shape index (κ1) is 31.2. The van der Waals surface area contributed by atoms with Crippen molar-refractivity contribution < 1.29 is 9.53 Å². The number of amides is 1. The van der Waals surface area contributed by atoms with Crippen LogP contribution >= 0.6 is 0 Å². The molecule has 0 saturated heterocycles. The maximum absolute atomic E-state index is 11.8. The number of nitrogens with one attached hydrogen (secondary N) is 1.